The van der Waals surface area contributed by atoms with Crippen molar-refractivity contribution in [2.24, 2.45) is 11.8 Å². The Morgan fingerprint density at radius 1 is 1.11 bits per heavy atom. The largest absolute Gasteiger partial charge is 0.486 e. The fourth-order valence-corrected chi connectivity index (χ4v) is 4.39. The molecule has 0 bridgehead atoms. The summed E-state index contributed by atoms with van der Waals surface area (Å²) in [6.07, 6.45) is 3.70. The van der Waals surface area contributed by atoms with Gasteiger partial charge in [0.05, 0.1) is 17.9 Å². The molecular weight excluding hydrogens is 360 g/mol. The van der Waals surface area contributed by atoms with Crippen LogP contribution in [0.25, 0.3) is 0 Å². The summed E-state index contributed by atoms with van der Waals surface area (Å²) in [6.45, 7) is 3.10. The molecule has 1 aromatic rings. The Kier molecular flexibility index (Phi) is 5.24. The van der Waals surface area contributed by atoms with Crippen LogP contribution in [-0.2, 0) is 14.4 Å². The second-order valence-electron chi connectivity index (χ2n) is 7.77. The van der Waals surface area contributed by atoms with Crippen molar-refractivity contribution in [3.8, 4) is 11.5 Å². The second kappa shape index (κ2) is 7.81. The molecule has 3 atom stereocenters. The van der Waals surface area contributed by atoms with Gasteiger partial charge in [0.2, 0.25) is 17.7 Å². The maximum atomic E-state index is 12.5. The molecule has 2 heterocycles. The van der Waals surface area contributed by atoms with Crippen LogP contribution >= 0.6 is 0 Å². The van der Waals surface area contributed by atoms with Crippen LogP contribution in [0.2, 0.25) is 0 Å². The van der Waals surface area contributed by atoms with E-state index < -0.39 is 0 Å². The number of benzene rings is 1. The number of imide groups is 1. The molecule has 2 fully saturated rings. The van der Waals surface area contributed by atoms with Crippen LogP contribution in [0.4, 0.5) is 0 Å². The Labute approximate surface area is 164 Å². The number of fused-ring (bicyclic) bond motifs is 2. The van der Waals surface area contributed by atoms with Gasteiger partial charge in [0.25, 0.3) is 0 Å². The fourth-order valence-electron chi connectivity index (χ4n) is 4.39. The van der Waals surface area contributed by atoms with E-state index in [0.717, 1.165) is 31.2 Å². The van der Waals surface area contributed by atoms with Gasteiger partial charge in [-0.3, -0.25) is 19.3 Å². The van der Waals surface area contributed by atoms with Gasteiger partial charge in [-0.25, -0.2) is 0 Å². The molecule has 7 nitrogen and oxygen atoms in total. The zero-order chi connectivity index (χ0) is 19.7. The Hall–Kier alpha value is -2.57. The first-order valence-electron chi connectivity index (χ1n) is 10.1. The highest BCUT2D eigenvalue weighted by molar-refractivity contribution is 6.05. The van der Waals surface area contributed by atoms with Gasteiger partial charge in [0.15, 0.2) is 11.5 Å². The summed E-state index contributed by atoms with van der Waals surface area (Å²) < 4.78 is 11.1. The van der Waals surface area contributed by atoms with Gasteiger partial charge in [-0.15, -0.1) is 0 Å². The van der Waals surface area contributed by atoms with Crippen molar-refractivity contribution < 1.29 is 23.9 Å². The minimum Gasteiger partial charge on any atom is -0.486 e. The summed E-state index contributed by atoms with van der Waals surface area (Å²) in [4.78, 5) is 38.7. The van der Waals surface area contributed by atoms with Gasteiger partial charge < -0.3 is 14.8 Å². The molecule has 3 aliphatic rings. The molecule has 0 radical (unpaired) electrons. The van der Waals surface area contributed by atoms with E-state index in [1.165, 1.54) is 4.90 Å². The van der Waals surface area contributed by atoms with Crippen molar-refractivity contribution in [2.75, 3.05) is 19.8 Å². The van der Waals surface area contributed by atoms with E-state index in [1.54, 1.807) is 0 Å². The molecule has 1 N–H and O–H groups in total. The van der Waals surface area contributed by atoms with Crippen molar-refractivity contribution in [1.82, 2.24) is 10.2 Å². The van der Waals surface area contributed by atoms with Crippen LogP contribution in [0.1, 0.15) is 50.6 Å². The Morgan fingerprint density at radius 3 is 2.43 bits per heavy atom. The van der Waals surface area contributed by atoms with Crippen LogP contribution in [0.3, 0.4) is 0 Å². The first-order chi connectivity index (χ1) is 13.5. The number of ether oxygens (including phenoxy) is 2. The van der Waals surface area contributed by atoms with Gasteiger partial charge >= 0.3 is 0 Å². The molecule has 28 heavy (non-hydrogen) atoms. The van der Waals surface area contributed by atoms with Crippen molar-refractivity contribution in [3.63, 3.8) is 0 Å². The van der Waals surface area contributed by atoms with Crippen LogP contribution in [0, 0.1) is 11.8 Å². The zero-order valence-electron chi connectivity index (χ0n) is 16.1. The van der Waals surface area contributed by atoms with E-state index in [2.05, 4.69) is 5.32 Å². The third kappa shape index (κ3) is 3.57. The Bertz CT molecular complexity index is 769. The molecule has 7 heteroatoms. The number of nitrogens with zero attached hydrogens (tertiary/aromatic N) is 1. The average Bonchev–Trinajstić information content (AvgIpc) is 2.96. The monoisotopic (exact) mass is 386 g/mol. The van der Waals surface area contributed by atoms with E-state index in [0.29, 0.717) is 24.7 Å². The number of hydrogen-bond acceptors (Lipinski definition) is 5. The quantitative estimate of drug-likeness (QED) is 0.784. The number of amides is 3. The fraction of sp³-hybridized carbons (Fsp3) is 0.571. The molecule has 2 aliphatic heterocycles. The zero-order valence-corrected chi connectivity index (χ0v) is 16.1. The predicted octanol–water partition coefficient (Wildman–Crippen LogP) is 2.20. The predicted molar refractivity (Wildman–Crippen MR) is 101 cm³/mol. The van der Waals surface area contributed by atoms with Crippen molar-refractivity contribution >= 4 is 17.7 Å². The van der Waals surface area contributed by atoms with Gasteiger partial charge in [0.1, 0.15) is 13.2 Å². The first-order valence-corrected chi connectivity index (χ1v) is 10.1. The summed E-state index contributed by atoms with van der Waals surface area (Å²) in [5.74, 6) is 0.686. The lowest BCUT2D eigenvalue weighted by molar-refractivity contribution is -0.140. The SMILES string of the molecule is C[C@@H](NC(=O)CCN1C(=O)[C@H]2CCCC[C@@H]2C1=O)c1ccc2c(c1)OCCO2. The number of rotatable bonds is 5. The molecule has 1 aliphatic carbocycles. The number of nitrogens with one attached hydrogen (secondary N) is 1. The Morgan fingerprint density at radius 2 is 1.75 bits per heavy atom. The van der Waals surface area contributed by atoms with Gasteiger partial charge in [-0.05, 0) is 37.5 Å². The molecule has 4 rings (SSSR count). The van der Waals surface area contributed by atoms with E-state index >= 15 is 0 Å². The number of likely N-dealkylation sites (tertiary alicyclic amines) is 1. The lowest BCUT2D eigenvalue weighted by Gasteiger charge is -2.21. The highest BCUT2D eigenvalue weighted by Crippen LogP contribution is 2.38. The molecule has 1 saturated carbocycles. The lowest BCUT2D eigenvalue weighted by Crippen LogP contribution is -2.36. The third-order valence-corrected chi connectivity index (χ3v) is 5.94. The highest BCUT2D eigenvalue weighted by Gasteiger charge is 2.47. The lowest BCUT2D eigenvalue weighted by atomic mass is 9.81. The molecule has 150 valence electrons. The Balaban J connectivity index is 1.32. The smallest absolute Gasteiger partial charge is 0.233 e. The van der Waals surface area contributed by atoms with Crippen molar-refractivity contribution in [1.29, 1.82) is 0 Å². The molecule has 3 amide bonds. The number of carbonyl (C=O) groups is 3. The van der Waals surface area contributed by atoms with Crippen LogP contribution in [-0.4, -0.2) is 42.4 Å². The maximum Gasteiger partial charge on any atom is 0.233 e. The first kappa shape index (κ1) is 18.8. The van der Waals surface area contributed by atoms with Gasteiger partial charge in [-0.1, -0.05) is 18.9 Å². The van der Waals surface area contributed by atoms with Crippen LogP contribution in [0.5, 0.6) is 11.5 Å². The summed E-state index contributed by atoms with van der Waals surface area (Å²) >= 11 is 0. The summed E-state index contributed by atoms with van der Waals surface area (Å²) in [7, 11) is 0. The topological polar surface area (TPSA) is 84.9 Å². The normalized spacial score (nSPS) is 24.7. The van der Waals surface area contributed by atoms with E-state index in [4.69, 9.17) is 9.47 Å². The van der Waals surface area contributed by atoms with E-state index in [-0.39, 0.29) is 48.6 Å². The van der Waals surface area contributed by atoms with E-state index in [1.807, 2.05) is 25.1 Å². The second-order valence-corrected chi connectivity index (χ2v) is 7.77. The van der Waals surface area contributed by atoms with E-state index in [9.17, 15) is 14.4 Å². The third-order valence-electron chi connectivity index (χ3n) is 5.94. The number of hydrogen-bond donors (Lipinski definition) is 1. The molecule has 0 unspecified atom stereocenters. The molecular formula is C21H26N2O5. The highest BCUT2D eigenvalue weighted by atomic mass is 16.6. The summed E-state index contributed by atoms with van der Waals surface area (Å²) in [5, 5.41) is 2.93. The standard InChI is InChI=1S/C21H26N2O5/c1-13(14-6-7-17-18(12-14)28-11-10-27-17)22-19(24)8-9-23-20(25)15-4-2-3-5-16(15)21(23)26/h6-7,12-13,15-16H,2-5,8-11H2,1H3,(H,22,24)/t13-,15+,16+/m1/s1. The van der Waals surface area contributed by atoms with Gasteiger partial charge in [-0.2, -0.15) is 0 Å². The van der Waals surface area contributed by atoms with Crippen LogP contribution in [0.15, 0.2) is 18.2 Å². The van der Waals surface area contributed by atoms with Crippen molar-refractivity contribution in [2.45, 2.75) is 45.1 Å². The molecule has 1 aromatic carbocycles. The van der Waals surface area contributed by atoms with Gasteiger partial charge in [0, 0.05) is 13.0 Å². The minimum absolute atomic E-state index is 0.0950. The number of carbonyl (C=O) groups excluding carboxylic acids is 3. The summed E-state index contributed by atoms with van der Waals surface area (Å²) in [6, 6.07) is 5.40. The van der Waals surface area contributed by atoms with Crippen LogP contribution < -0.4 is 14.8 Å². The molecule has 1 saturated heterocycles. The maximum absolute atomic E-state index is 12.5. The molecule has 0 aromatic heterocycles. The molecule has 0 spiro atoms. The van der Waals surface area contributed by atoms with Crippen molar-refractivity contribution in [3.05, 3.63) is 23.8 Å². The summed E-state index contributed by atoms with van der Waals surface area (Å²) in [5.41, 5.74) is 0.914. The minimum atomic E-state index is -0.212. The average molecular weight is 386 g/mol.